The maximum Gasteiger partial charge on any atom is 0.410 e. The number of piperidine rings is 1. The van der Waals surface area contributed by atoms with Gasteiger partial charge < -0.3 is 15.0 Å². The Morgan fingerprint density at radius 1 is 1.36 bits per heavy atom. The first-order valence-corrected chi connectivity index (χ1v) is 8.80. The first kappa shape index (κ1) is 19.2. The molecule has 0 aromatic carbocycles. The summed E-state index contributed by atoms with van der Waals surface area (Å²) in [7, 11) is 0. The fourth-order valence-corrected chi connectivity index (χ4v) is 2.98. The van der Waals surface area contributed by atoms with E-state index in [2.05, 4.69) is 10.3 Å². The molecule has 0 radical (unpaired) electrons. The van der Waals surface area contributed by atoms with E-state index in [4.69, 9.17) is 4.74 Å². The van der Waals surface area contributed by atoms with Crippen LogP contribution in [0, 0.1) is 5.41 Å². The molecule has 2 atom stereocenters. The number of hydrogen-bond donors (Lipinski definition) is 1. The number of carbonyl (C=O) groups is 2. The van der Waals surface area contributed by atoms with Gasteiger partial charge in [-0.1, -0.05) is 6.07 Å². The molecule has 0 aliphatic carbocycles. The fourth-order valence-electron chi connectivity index (χ4n) is 2.98. The van der Waals surface area contributed by atoms with Crippen LogP contribution >= 0.6 is 0 Å². The SMILES string of the molecule is C[C@@H](NC(=O)C1(C)CCCN(C(=O)OC(C)(C)C)C1)c1ccccn1. The molecule has 2 heterocycles. The lowest BCUT2D eigenvalue weighted by Crippen LogP contribution is -2.53. The van der Waals surface area contributed by atoms with Gasteiger partial charge in [-0.2, -0.15) is 0 Å². The highest BCUT2D eigenvalue weighted by Crippen LogP contribution is 2.31. The van der Waals surface area contributed by atoms with Gasteiger partial charge in [0.05, 0.1) is 17.2 Å². The predicted molar refractivity (Wildman–Crippen MR) is 95.9 cm³/mol. The number of ether oxygens (including phenoxy) is 1. The molecule has 1 aliphatic heterocycles. The van der Waals surface area contributed by atoms with Crippen LogP contribution in [0.4, 0.5) is 4.79 Å². The van der Waals surface area contributed by atoms with Crippen molar-refractivity contribution >= 4 is 12.0 Å². The molecule has 6 heteroatoms. The van der Waals surface area contributed by atoms with Crippen LogP contribution in [-0.2, 0) is 9.53 Å². The largest absolute Gasteiger partial charge is 0.444 e. The van der Waals surface area contributed by atoms with Gasteiger partial charge >= 0.3 is 6.09 Å². The number of nitrogens with one attached hydrogen (secondary N) is 1. The summed E-state index contributed by atoms with van der Waals surface area (Å²) in [4.78, 5) is 31.1. The van der Waals surface area contributed by atoms with E-state index >= 15 is 0 Å². The smallest absolute Gasteiger partial charge is 0.410 e. The van der Waals surface area contributed by atoms with Gasteiger partial charge in [-0.25, -0.2) is 4.79 Å². The van der Waals surface area contributed by atoms with Gasteiger partial charge in [0.15, 0.2) is 0 Å². The summed E-state index contributed by atoms with van der Waals surface area (Å²) < 4.78 is 5.45. The number of likely N-dealkylation sites (tertiary alicyclic amines) is 1. The third-order valence-electron chi connectivity index (χ3n) is 4.38. The second-order valence-corrected chi connectivity index (χ2v) is 8.02. The van der Waals surface area contributed by atoms with E-state index in [1.807, 2.05) is 52.8 Å². The van der Waals surface area contributed by atoms with Crippen molar-refractivity contribution in [2.24, 2.45) is 5.41 Å². The molecule has 25 heavy (non-hydrogen) atoms. The molecular weight excluding hydrogens is 318 g/mol. The van der Waals surface area contributed by atoms with Crippen LogP contribution in [0.2, 0.25) is 0 Å². The van der Waals surface area contributed by atoms with Gasteiger partial charge in [0.25, 0.3) is 0 Å². The number of amides is 2. The lowest BCUT2D eigenvalue weighted by atomic mass is 9.81. The molecule has 2 amide bonds. The Balaban J connectivity index is 2.01. The molecule has 1 saturated heterocycles. The topological polar surface area (TPSA) is 71.5 Å². The molecular formula is C19H29N3O3. The van der Waals surface area contributed by atoms with Crippen molar-refractivity contribution in [1.29, 1.82) is 0 Å². The second kappa shape index (κ2) is 7.42. The van der Waals surface area contributed by atoms with Crippen LogP contribution in [0.25, 0.3) is 0 Å². The van der Waals surface area contributed by atoms with Crippen LogP contribution in [0.15, 0.2) is 24.4 Å². The van der Waals surface area contributed by atoms with Gasteiger partial charge in [0.2, 0.25) is 5.91 Å². The summed E-state index contributed by atoms with van der Waals surface area (Å²) in [5, 5.41) is 3.03. The van der Waals surface area contributed by atoms with Gasteiger partial charge in [-0.15, -0.1) is 0 Å². The Kier molecular flexibility index (Phi) is 5.70. The van der Waals surface area contributed by atoms with Crippen molar-refractivity contribution < 1.29 is 14.3 Å². The minimum absolute atomic E-state index is 0.0566. The van der Waals surface area contributed by atoms with Crippen LogP contribution in [0.1, 0.15) is 59.2 Å². The van der Waals surface area contributed by atoms with Gasteiger partial charge in [0.1, 0.15) is 5.60 Å². The van der Waals surface area contributed by atoms with Crippen LogP contribution < -0.4 is 5.32 Å². The van der Waals surface area contributed by atoms with E-state index in [0.29, 0.717) is 13.1 Å². The number of rotatable bonds is 3. The van der Waals surface area contributed by atoms with E-state index in [9.17, 15) is 9.59 Å². The normalized spacial score (nSPS) is 22.2. The van der Waals surface area contributed by atoms with E-state index in [1.165, 1.54) is 0 Å². The molecule has 1 aromatic rings. The Hall–Kier alpha value is -2.11. The second-order valence-electron chi connectivity index (χ2n) is 8.02. The Morgan fingerprint density at radius 2 is 2.08 bits per heavy atom. The number of carbonyl (C=O) groups excluding carboxylic acids is 2. The quantitative estimate of drug-likeness (QED) is 0.911. The molecule has 1 aromatic heterocycles. The van der Waals surface area contributed by atoms with Crippen molar-refractivity contribution in [3.63, 3.8) is 0 Å². The summed E-state index contributed by atoms with van der Waals surface area (Å²) in [6.07, 6.45) is 2.88. The molecule has 6 nitrogen and oxygen atoms in total. The summed E-state index contributed by atoms with van der Waals surface area (Å²) in [6, 6.07) is 5.46. The summed E-state index contributed by atoms with van der Waals surface area (Å²) in [6.45, 7) is 10.3. The van der Waals surface area contributed by atoms with Crippen molar-refractivity contribution in [2.45, 2.75) is 59.1 Å². The van der Waals surface area contributed by atoms with E-state index in [-0.39, 0.29) is 18.0 Å². The maximum atomic E-state index is 12.8. The Bertz CT molecular complexity index is 612. The molecule has 0 bridgehead atoms. The van der Waals surface area contributed by atoms with E-state index < -0.39 is 11.0 Å². The first-order chi connectivity index (χ1) is 11.6. The lowest BCUT2D eigenvalue weighted by Gasteiger charge is -2.40. The highest BCUT2D eigenvalue weighted by Gasteiger charge is 2.40. The molecule has 1 N–H and O–H groups in total. The third-order valence-corrected chi connectivity index (χ3v) is 4.38. The maximum absolute atomic E-state index is 12.8. The van der Waals surface area contributed by atoms with Crippen LogP contribution in [0.3, 0.4) is 0 Å². The molecule has 1 unspecified atom stereocenters. The van der Waals surface area contributed by atoms with Crippen molar-refractivity contribution in [2.75, 3.05) is 13.1 Å². The zero-order valence-corrected chi connectivity index (χ0v) is 15.8. The average molecular weight is 347 g/mol. The molecule has 1 aliphatic rings. The first-order valence-electron chi connectivity index (χ1n) is 8.80. The predicted octanol–water partition coefficient (Wildman–Crippen LogP) is 3.30. The zero-order valence-electron chi connectivity index (χ0n) is 15.8. The number of nitrogens with zero attached hydrogens (tertiary/aromatic N) is 2. The number of pyridine rings is 1. The number of aromatic nitrogens is 1. The van der Waals surface area contributed by atoms with E-state index in [1.54, 1.807) is 11.1 Å². The highest BCUT2D eigenvalue weighted by molar-refractivity contribution is 5.83. The Morgan fingerprint density at radius 3 is 2.68 bits per heavy atom. The van der Waals surface area contributed by atoms with Crippen LogP contribution in [0.5, 0.6) is 0 Å². The van der Waals surface area contributed by atoms with Gasteiger partial charge in [-0.05, 0) is 59.6 Å². The molecule has 2 rings (SSSR count). The van der Waals surface area contributed by atoms with Gasteiger partial charge in [0, 0.05) is 19.3 Å². The molecule has 0 spiro atoms. The third kappa shape index (κ3) is 5.18. The fraction of sp³-hybridized carbons (Fsp3) is 0.632. The lowest BCUT2D eigenvalue weighted by molar-refractivity contribution is -0.133. The molecule has 1 fully saturated rings. The van der Waals surface area contributed by atoms with Crippen molar-refractivity contribution in [3.8, 4) is 0 Å². The molecule has 0 saturated carbocycles. The van der Waals surface area contributed by atoms with Crippen LogP contribution in [-0.4, -0.2) is 40.6 Å². The van der Waals surface area contributed by atoms with Gasteiger partial charge in [-0.3, -0.25) is 9.78 Å². The summed E-state index contributed by atoms with van der Waals surface area (Å²) in [5.74, 6) is -0.0566. The summed E-state index contributed by atoms with van der Waals surface area (Å²) in [5.41, 5.74) is -0.349. The minimum Gasteiger partial charge on any atom is -0.444 e. The summed E-state index contributed by atoms with van der Waals surface area (Å²) >= 11 is 0. The monoisotopic (exact) mass is 347 g/mol. The Labute approximate surface area is 150 Å². The zero-order chi connectivity index (χ0) is 18.7. The highest BCUT2D eigenvalue weighted by atomic mass is 16.6. The minimum atomic E-state index is -0.627. The number of hydrogen-bond acceptors (Lipinski definition) is 4. The van der Waals surface area contributed by atoms with Crippen molar-refractivity contribution in [1.82, 2.24) is 15.2 Å². The van der Waals surface area contributed by atoms with Crippen molar-refractivity contribution in [3.05, 3.63) is 30.1 Å². The standard InChI is InChI=1S/C19H29N3O3/c1-14(15-9-6-7-11-20-15)21-16(23)19(5)10-8-12-22(13-19)17(24)25-18(2,3)4/h6-7,9,11,14H,8,10,12-13H2,1-5H3,(H,21,23)/t14-,19?/m1/s1. The molecule has 138 valence electrons. The average Bonchev–Trinajstić information content (AvgIpc) is 2.54. The van der Waals surface area contributed by atoms with E-state index in [0.717, 1.165) is 18.5 Å².